The first-order valence-electron chi connectivity index (χ1n) is 11.3. The first kappa shape index (κ1) is 22.6. The lowest BCUT2D eigenvalue weighted by molar-refractivity contribution is -0.140. The van der Waals surface area contributed by atoms with Gasteiger partial charge in [-0.05, 0) is 49.8 Å². The lowest BCUT2D eigenvalue weighted by Gasteiger charge is -2.20. The smallest absolute Gasteiger partial charge is 0.414 e. The number of carboxylic acids is 1. The topological polar surface area (TPSA) is 92.9 Å². The fourth-order valence-corrected chi connectivity index (χ4v) is 4.06. The Morgan fingerprint density at radius 3 is 2.12 bits per heavy atom. The maximum atomic E-state index is 12.5. The van der Waals surface area contributed by atoms with Gasteiger partial charge in [0, 0.05) is 12.1 Å². The van der Waals surface area contributed by atoms with Gasteiger partial charge >= 0.3 is 12.1 Å². The summed E-state index contributed by atoms with van der Waals surface area (Å²) in [5.41, 5.74) is 4.18. The van der Waals surface area contributed by atoms with Gasteiger partial charge in [0.2, 0.25) is 0 Å². The summed E-state index contributed by atoms with van der Waals surface area (Å²) >= 11 is 0. The highest BCUT2D eigenvalue weighted by molar-refractivity contribution is 5.93. The Bertz CT molecular complexity index is 1140. The molecule has 0 radical (unpaired) electrons. The van der Waals surface area contributed by atoms with E-state index in [9.17, 15) is 14.7 Å². The van der Waals surface area contributed by atoms with Crippen molar-refractivity contribution in [2.24, 2.45) is 0 Å². The fourth-order valence-electron chi connectivity index (χ4n) is 4.06. The zero-order valence-electron chi connectivity index (χ0n) is 19.1. The van der Waals surface area contributed by atoms with Gasteiger partial charge in [-0.3, -0.25) is 9.69 Å². The average molecular weight is 449 g/mol. The molecule has 3 aromatic rings. The molecule has 1 amide bonds. The highest BCUT2D eigenvalue weighted by atomic mass is 16.6. The van der Waals surface area contributed by atoms with E-state index in [0.717, 1.165) is 28.7 Å². The van der Waals surface area contributed by atoms with Crippen LogP contribution in [0.2, 0.25) is 0 Å². The Kier molecular flexibility index (Phi) is 6.22. The Balaban J connectivity index is 1.58. The molecule has 7 nitrogen and oxygen atoms in total. The van der Waals surface area contributed by atoms with Crippen LogP contribution in [0.1, 0.15) is 44.4 Å². The molecule has 1 aromatic heterocycles. The number of carbonyl (C=O) groups excluding carboxylic acids is 1. The molecule has 0 unspecified atom stereocenters. The third-order valence-electron chi connectivity index (χ3n) is 6.15. The number of hydrogen-bond donors (Lipinski definition) is 1. The number of benzene rings is 2. The van der Waals surface area contributed by atoms with Crippen LogP contribution in [0, 0.1) is 6.92 Å². The van der Waals surface area contributed by atoms with Crippen molar-refractivity contribution < 1.29 is 24.0 Å². The molecule has 1 aliphatic rings. The average Bonchev–Trinajstić information content (AvgIpc) is 3.57. The van der Waals surface area contributed by atoms with E-state index in [0.29, 0.717) is 43.1 Å². The molecule has 172 valence electrons. The molecule has 0 aliphatic heterocycles. The quantitative estimate of drug-likeness (QED) is 0.468. The van der Waals surface area contributed by atoms with Crippen LogP contribution < -0.4 is 4.90 Å². The second kappa shape index (κ2) is 9.10. The lowest BCUT2D eigenvalue weighted by Crippen LogP contribution is -2.32. The van der Waals surface area contributed by atoms with Crippen molar-refractivity contribution in [3.05, 3.63) is 59.8 Å². The maximum Gasteiger partial charge on any atom is 0.414 e. The minimum absolute atomic E-state index is 0.357. The summed E-state index contributed by atoms with van der Waals surface area (Å²) in [6, 6.07) is 15.5. The van der Waals surface area contributed by atoms with E-state index in [-0.39, 0.29) is 0 Å². The van der Waals surface area contributed by atoms with Crippen molar-refractivity contribution in [1.82, 2.24) is 5.16 Å². The highest BCUT2D eigenvalue weighted by Crippen LogP contribution is 2.48. The fraction of sp³-hybridized carbons (Fsp3) is 0.346. The SMILES string of the molecule is CCCOC(=O)N(CC)c1c(C)noc1-c1ccc(-c2ccc(C3(C(=O)O)CC3)cc2)cc1. The van der Waals surface area contributed by atoms with Crippen LogP contribution in [0.25, 0.3) is 22.5 Å². The van der Waals surface area contributed by atoms with E-state index in [1.54, 1.807) is 11.8 Å². The number of hydrogen-bond acceptors (Lipinski definition) is 5. The van der Waals surface area contributed by atoms with Crippen molar-refractivity contribution in [1.29, 1.82) is 0 Å². The van der Waals surface area contributed by atoms with Crippen molar-refractivity contribution in [2.45, 2.75) is 45.4 Å². The molecule has 2 aromatic carbocycles. The van der Waals surface area contributed by atoms with Crippen molar-refractivity contribution in [2.75, 3.05) is 18.1 Å². The Morgan fingerprint density at radius 2 is 1.61 bits per heavy atom. The van der Waals surface area contributed by atoms with Gasteiger partial charge in [-0.2, -0.15) is 0 Å². The molecule has 0 atom stereocenters. The minimum Gasteiger partial charge on any atom is -0.481 e. The van der Waals surface area contributed by atoms with Gasteiger partial charge in [0.25, 0.3) is 0 Å². The third-order valence-corrected chi connectivity index (χ3v) is 6.15. The number of amides is 1. The zero-order valence-corrected chi connectivity index (χ0v) is 19.1. The second-order valence-electron chi connectivity index (χ2n) is 8.35. The predicted octanol–water partition coefficient (Wildman–Crippen LogP) is 5.81. The van der Waals surface area contributed by atoms with Crippen LogP contribution in [-0.4, -0.2) is 35.5 Å². The molecule has 1 N–H and O–H groups in total. The molecule has 33 heavy (non-hydrogen) atoms. The molecule has 1 saturated carbocycles. The molecule has 0 spiro atoms. The lowest BCUT2D eigenvalue weighted by atomic mass is 9.93. The van der Waals surface area contributed by atoms with Crippen molar-refractivity contribution in [3.63, 3.8) is 0 Å². The molecule has 0 saturated heterocycles. The maximum absolute atomic E-state index is 12.5. The van der Waals surface area contributed by atoms with Gasteiger partial charge < -0.3 is 14.4 Å². The Hall–Kier alpha value is -3.61. The summed E-state index contributed by atoms with van der Waals surface area (Å²) in [5.74, 6) is -0.237. The van der Waals surface area contributed by atoms with Gasteiger partial charge in [0.05, 0.1) is 12.0 Å². The molecule has 1 heterocycles. The van der Waals surface area contributed by atoms with E-state index >= 15 is 0 Å². The largest absolute Gasteiger partial charge is 0.481 e. The summed E-state index contributed by atoms with van der Waals surface area (Å²) < 4.78 is 10.9. The summed E-state index contributed by atoms with van der Waals surface area (Å²) in [6.45, 7) is 6.42. The van der Waals surface area contributed by atoms with E-state index in [2.05, 4.69) is 5.16 Å². The Morgan fingerprint density at radius 1 is 1.03 bits per heavy atom. The Labute approximate surface area is 193 Å². The van der Waals surface area contributed by atoms with Gasteiger partial charge in [-0.25, -0.2) is 4.79 Å². The second-order valence-corrected chi connectivity index (χ2v) is 8.35. The number of anilines is 1. The number of aryl methyl sites for hydroxylation is 1. The van der Waals surface area contributed by atoms with Crippen LogP contribution in [0.5, 0.6) is 0 Å². The van der Waals surface area contributed by atoms with Crippen LogP contribution in [0.3, 0.4) is 0 Å². The molecule has 0 bridgehead atoms. The predicted molar refractivity (Wildman–Crippen MR) is 125 cm³/mol. The molecular weight excluding hydrogens is 420 g/mol. The molecule has 7 heteroatoms. The monoisotopic (exact) mass is 448 g/mol. The number of aliphatic carboxylic acids is 1. The van der Waals surface area contributed by atoms with Gasteiger partial charge in [0.1, 0.15) is 11.4 Å². The van der Waals surface area contributed by atoms with Crippen LogP contribution in [-0.2, 0) is 14.9 Å². The van der Waals surface area contributed by atoms with Gasteiger partial charge in [-0.1, -0.05) is 60.6 Å². The normalized spacial score (nSPS) is 14.0. The number of rotatable bonds is 8. The summed E-state index contributed by atoms with van der Waals surface area (Å²) in [7, 11) is 0. The van der Waals surface area contributed by atoms with E-state index in [4.69, 9.17) is 9.26 Å². The number of carbonyl (C=O) groups is 2. The third kappa shape index (κ3) is 4.23. The van der Waals surface area contributed by atoms with E-state index < -0.39 is 17.5 Å². The van der Waals surface area contributed by atoms with E-state index in [1.807, 2.05) is 62.4 Å². The van der Waals surface area contributed by atoms with Crippen molar-refractivity contribution in [3.8, 4) is 22.5 Å². The molecule has 1 fully saturated rings. The molecular formula is C26H28N2O5. The summed E-state index contributed by atoms with van der Waals surface area (Å²) in [5, 5.41) is 13.6. The van der Waals surface area contributed by atoms with E-state index in [1.165, 1.54) is 0 Å². The zero-order chi connectivity index (χ0) is 23.6. The number of nitrogens with zero attached hydrogens (tertiary/aromatic N) is 2. The van der Waals surface area contributed by atoms with Gasteiger partial charge in [0.15, 0.2) is 5.76 Å². The van der Waals surface area contributed by atoms with Crippen molar-refractivity contribution >= 4 is 17.7 Å². The standard InChI is InChI=1S/C26H28N2O5/c1-4-16-32-25(31)28(5-2)22-17(3)27-33-23(22)20-8-6-18(7-9-20)19-10-12-21(13-11-19)26(14-15-26)24(29)30/h6-13H,4-5,14-16H2,1-3H3,(H,29,30). The number of ether oxygens (including phenoxy) is 1. The van der Waals surface area contributed by atoms with Crippen LogP contribution >= 0.6 is 0 Å². The van der Waals surface area contributed by atoms with Crippen LogP contribution in [0.15, 0.2) is 53.1 Å². The molecule has 4 rings (SSSR count). The first-order chi connectivity index (χ1) is 15.9. The van der Waals surface area contributed by atoms with Gasteiger partial charge in [-0.15, -0.1) is 0 Å². The summed E-state index contributed by atoms with van der Waals surface area (Å²) in [6.07, 6.45) is 1.71. The minimum atomic E-state index is -0.752. The number of aromatic nitrogens is 1. The summed E-state index contributed by atoms with van der Waals surface area (Å²) in [4.78, 5) is 25.6. The molecule has 1 aliphatic carbocycles. The highest BCUT2D eigenvalue weighted by Gasteiger charge is 2.51. The first-order valence-corrected chi connectivity index (χ1v) is 11.3. The van der Waals surface area contributed by atoms with Crippen LogP contribution in [0.4, 0.5) is 10.5 Å². The number of carboxylic acid groups (broad SMARTS) is 1.